The van der Waals surface area contributed by atoms with Crippen LogP contribution < -0.4 is 14.4 Å². The first-order valence-electron chi connectivity index (χ1n) is 12.5. The molecule has 1 fully saturated rings. The minimum absolute atomic E-state index is 0.0476. The molecule has 1 aliphatic heterocycles. The summed E-state index contributed by atoms with van der Waals surface area (Å²) in [7, 11) is 1.72. The molecule has 0 spiro atoms. The summed E-state index contributed by atoms with van der Waals surface area (Å²) in [5, 5.41) is 11.3. The number of halogens is 1. The smallest absolute Gasteiger partial charge is 0.270 e. The molecule has 1 aliphatic rings. The summed E-state index contributed by atoms with van der Waals surface area (Å²) in [4.78, 5) is 15.8. The van der Waals surface area contributed by atoms with E-state index in [4.69, 9.17) is 9.47 Å². The number of rotatable bonds is 11. The van der Waals surface area contributed by atoms with Crippen LogP contribution in [0, 0.1) is 10.1 Å². The second-order valence-corrected chi connectivity index (χ2v) is 9.74. The molecule has 0 bridgehead atoms. The van der Waals surface area contributed by atoms with Gasteiger partial charge in [-0.15, -0.1) is 0 Å². The van der Waals surface area contributed by atoms with Crippen molar-refractivity contribution in [3.63, 3.8) is 0 Å². The Balaban J connectivity index is 1.26. The standard InChI is InChI=1S/C29H32BrN3O4/c1-36-29-11-5-4-10-27(29)32-19-17-31(18-20-32)16-6-7-21-37-28-15-14-25(33(34)35)22-24(28)13-12-23-8-2-3-9-26(23)30/h2-5,8-15,22H,6-7,16-21H2,1H3. The van der Waals surface area contributed by atoms with Gasteiger partial charge in [0.05, 0.1) is 24.3 Å². The topological polar surface area (TPSA) is 68.1 Å². The van der Waals surface area contributed by atoms with E-state index in [2.05, 4.69) is 37.9 Å². The molecule has 0 atom stereocenters. The maximum absolute atomic E-state index is 11.3. The van der Waals surface area contributed by atoms with Gasteiger partial charge in [-0.2, -0.15) is 0 Å². The van der Waals surface area contributed by atoms with E-state index in [0.29, 0.717) is 17.9 Å². The van der Waals surface area contributed by atoms with E-state index in [1.165, 1.54) is 6.07 Å². The number of piperazine rings is 1. The fraction of sp³-hybridized carbons (Fsp3) is 0.310. The number of hydrogen-bond donors (Lipinski definition) is 0. The lowest BCUT2D eigenvalue weighted by atomic mass is 10.1. The van der Waals surface area contributed by atoms with Crippen LogP contribution in [0.25, 0.3) is 12.2 Å². The highest BCUT2D eigenvalue weighted by Gasteiger charge is 2.19. The van der Waals surface area contributed by atoms with Gasteiger partial charge in [-0.25, -0.2) is 0 Å². The number of para-hydroxylation sites is 2. The highest BCUT2D eigenvalue weighted by Crippen LogP contribution is 2.29. The number of ether oxygens (including phenoxy) is 2. The van der Waals surface area contributed by atoms with Crippen molar-refractivity contribution in [2.75, 3.05) is 51.3 Å². The Morgan fingerprint density at radius 2 is 1.65 bits per heavy atom. The zero-order chi connectivity index (χ0) is 26.0. The lowest BCUT2D eigenvalue weighted by Crippen LogP contribution is -2.46. The van der Waals surface area contributed by atoms with Crippen LogP contribution in [0.4, 0.5) is 11.4 Å². The normalized spacial score (nSPS) is 14.2. The summed E-state index contributed by atoms with van der Waals surface area (Å²) in [6.07, 6.45) is 5.74. The van der Waals surface area contributed by atoms with Gasteiger partial charge in [-0.1, -0.05) is 58.4 Å². The van der Waals surface area contributed by atoms with Crippen LogP contribution in [-0.4, -0.2) is 56.3 Å². The fourth-order valence-corrected chi connectivity index (χ4v) is 4.84. The van der Waals surface area contributed by atoms with Crippen molar-refractivity contribution in [3.05, 3.63) is 92.4 Å². The molecule has 1 heterocycles. The zero-order valence-electron chi connectivity index (χ0n) is 21.0. The van der Waals surface area contributed by atoms with E-state index >= 15 is 0 Å². The third-order valence-electron chi connectivity index (χ3n) is 6.48. The van der Waals surface area contributed by atoms with E-state index < -0.39 is 0 Å². The first-order valence-corrected chi connectivity index (χ1v) is 13.3. The van der Waals surface area contributed by atoms with Gasteiger partial charge in [0.1, 0.15) is 11.5 Å². The molecule has 0 N–H and O–H groups in total. The van der Waals surface area contributed by atoms with Gasteiger partial charge >= 0.3 is 0 Å². The number of benzene rings is 3. The molecule has 0 saturated carbocycles. The quantitative estimate of drug-likeness (QED) is 0.114. The van der Waals surface area contributed by atoms with Crippen molar-refractivity contribution in [2.24, 2.45) is 0 Å². The van der Waals surface area contributed by atoms with E-state index in [1.54, 1.807) is 19.2 Å². The predicted molar refractivity (Wildman–Crippen MR) is 153 cm³/mol. The summed E-state index contributed by atoms with van der Waals surface area (Å²) in [6, 6.07) is 20.8. The average Bonchev–Trinajstić information content (AvgIpc) is 2.93. The molecule has 8 heteroatoms. The summed E-state index contributed by atoms with van der Waals surface area (Å²) in [5.41, 5.74) is 2.89. The van der Waals surface area contributed by atoms with E-state index in [1.807, 2.05) is 48.6 Å². The summed E-state index contributed by atoms with van der Waals surface area (Å²) >= 11 is 3.54. The second-order valence-electron chi connectivity index (χ2n) is 8.89. The Labute approximate surface area is 226 Å². The number of nitrogens with zero attached hydrogens (tertiary/aromatic N) is 3. The van der Waals surface area contributed by atoms with Crippen LogP contribution in [0.15, 0.2) is 71.2 Å². The number of non-ortho nitro benzene ring substituents is 1. The summed E-state index contributed by atoms with van der Waals surface area (Å²) in [6.45, 7) is 5.59. The van der Waals surface area contributed by atoms with Crippen LogP contribution >= 0.6 is 15.9 Å². The number of methoxy groups -OCH3 is 1. The van der Waals surface area contributed by atoms with Gasteiger partial charge in [-0.05, 0) is 49.2 Å². The van der Waals surface area contributed by atoms with Crippen LogP contribution in [0.2, 0.25) is 0 Å². The Bertz CT molecular complexity index is 1230. The molecular formula is C29H32BrN3O4. The van der Waals surface area contributed by atoms with Gasteiger partial charge in [0, 0.05) is 48.3 Å². The monoisotopic (exact) mass is 565 g/mol. The molecule has 37 heavy (non-hydrogen) atoms. The SMILES string of the molecule is COc1ccccc1N1CCN(CCCCOc2ccc([N+](=O)[O-])cc2C=Cc2ccccc2Br)CC1. The summed E-state index contributed by atoms with van der Waals surface area (Å²) in [5.74, 6) is 1.57. The van der Waals surface area contributed by atoms with E-state index in [9.17, 15) is 10.1 Å². The highest BCUT2D eigenvalue weighted by atomic mass is 79.9. The van der Waals surface area contributed by atoms with Crippen LogP contribution in [0.5, 0.6) is 11.5 Å². The Hall–Kier alpha value is -3.36. The van der Waals surface area contributed by atoms with Crippen LogP contribution in [-0.2, 0) is 0 Å². The van der Waals surface area contributed by atoms with Gasteiger partial charge < -0.3 is 14.4 Å². The lowest BCUT2D eigenvalue weighted by molar-refractivity contribution is -0.384. The zero-order valence-corrected chi connectivity index (χ0v) is 22.6. The Morgan fingerprint density at radius 1 is 0.919 bits per heavy atom. The molecule has 0 aliphatic carbocycles. The molecule has 0 aromatic heterocycles. The average molecular weight is 566 g/mol. The lowest BCUT2D eigenvalue weighted by Gasteiger charge is -2.36. The predicted octanol–water partition coefficient (Wildman–Crippen LogP) is 6.52. The number of nitro groups is 1. The fourth-order valence-electron chi connectivity index (χ4n) is 4.42. The maximum Gasteiger partial charge on any atom is 0.270 e. The molecule has 3 aromatic carbocycles. The second kappa shape index (κ2) is 13.3. The molecular weight excluding hydrogens is 534 g/mol. The number of anilines is 1. The van der Waals surface area contributed by atoms with Crippen LogP contribution in [0.1, 0.15) is 24.0 Å². The van der Waals surface area contributed by atoms with Gasteiger partial charge in [0.25, 0.3) is 5.69 Å². The molecule has 0 radical (unpaired) electrons. The van der Waals surface area contributed by atoms with Crippen LogP contribution in [0.3, 0.4) is 0 Å². The van der Waals surface area contributed by atoms with E-state index in [0.717, 1.165) is 67.0 Å². The largest absolute Gasteiger partial charge is 0.495 e. The van der Waals surface area contributed by atoms with Crippen molar-refractivity contribution in [1.82, 2.24) is 4.90 Å². The first kappa shape index (κ1) is 26.7. The minimum Gasteiger partial charge on any atom is -0.495 e. The molecule has 194 valence electrons. The summed E-state index contributed by atoms with van der Waals surface area (Å²) < 4.78 is 12.5. The van der Waals surface area contributed by atoms with Crippen molar-refractivity contribution >= 4 is 39.5 Å². The molecule has 0 unspecified atom stereocenters. The Morgan fingerprint density at radius 3 is 2.41 bits per heavy atom. The third kappa shape index (κ3) is 7.33. The van der Waals surface area contributed by atoms with Crippen molar-refractivity contribution in [1.29, 1.82) is 0 Å². The molecule has 4 rings (SSSR count). The molecule has 0 amide bonds. The van der Waals surface area contributed by atoms with Crippen molar-refractivity contribution in [3.8, 4) is 11.5 Å². The Kier molecular flexibility index (Phi) is 9.57. The first-order chi connectivity index (χ1) is 18.0. The minimum atomic E-state index is -0.382. The molecule has 1 saturated heterocycles. The van der Waals surface area contributed by atoms with Crippen molar-refractivity contribution in [2.45, 2.75) is 12.8 Å². The highest BCUT2D eigenvalue weighted by molar-refractivity contribution is 9.10. The molecule has 7 nitrogen and oxygen atoms in total. The molecule has 3 aromatic rings. The van der Waals surface area contributed by atoms with Gasteiger partial charge in [0.15, 0.2) is 0 Å². The number of hydrogen-bond acceptors (Lipinski definition) is 6. The van der Waals surface area contributed by atoms with Gasteiger partial charge in [0.2, 0.25) is 0 Å². The number of nitro benzene ring substituents is 1. The third-order valence-corrected chi connectivity index (χ3v) is 7.20. The number of unbranched alkanes of at least 4 members (excludes halogenated alkanes) is 1. The maximum atomic E-state index is 11.3. The van der Waals surface area contributed by atoms with E-state index in [-0.39, 0.29) is 10.6 Å². The van der Waals surface area contributed by atoms with Crippen molar-refractivity contribution < 1.29 is 14.4 Å². The van der Waals surface area contributed by atoms with Gasteiger partial charge in [-0.3, -0.25) is 15.0 Å².